The lowest BCUT2D eigenvalue weighted by atomic mass is 10.1. The summed E-state index contributed by atoms with van der Waals surface area (Å²) < 4.78 is 28.1. The Balaban J connectivity index is 1.16. The van der Waals surface area contributed by atoms with E-state index in [9.17, 15) is 13.6 Å². The second-order valence-corrected chi connectivity index (χ2v) is 9.26. The van der Waals surface area contributed by atoms with Gasteiger partial charge in [0.15, 0.2) is 10.8 Å². The number of nitrogens with zero attached hydrogens (tertiary/aromatic N) is 5. The highest BCUT2D eigenvalue weighted by atomic mass is 32.1. The smallest absolute Gasteiger partial charge is 0.230 e. The summed E-state index contributed by atoms with van der Waals surface area (Å²) in [5.41, 5.74) is 0.744. The van der Waals surface area contributed by atoms with E-state index in [1.54, 1.807) is 17.5 Å². The van der Waals surface area contributed by atoms with Crippen molar-refractivity contribution in [3.63, 3.8) is 0 Å². The van der Waals surface area contributed by atoms with Gasteiger partial charge in [0.1, 0.15) is 11.6 Å². The van der Waals surface area contributed by atoms with Crippen LogP contribution in [0.2, 0.25) is 0 Å². The average Bonchev–Trinajstić information content (AvgIpc) is 3.50. The van der Waals surface area contributed by atoms with Gasteiger partial charge in [-0.25, -0.2) is 13.8 Å². The number of fused-ring (bicyclic) bond motifs is 1. The Bertz CT molecular complexity index is 1240. The molecule has 1 aliphatic heterocycles. The Morgan fingerprint density at radius 2 is 2.06 bits per heavy atom. The fourth-order valence-electron chi connectivity index (χ4n) is 3.47. The molecule has 32 heavy (non-hydrogen) atoms. The van der Waals surface area contributed by atoms with Crippen LogP contribution < -0.4 is 15.5 Å². The summed E-state index contributed by atoms with van der Waals surface area (Å²) in [5, 5.41) is 15.8. The number of benzene rings is 1. The maximum Gasteiger partial charge on any atom is 0.230 e. The summed E-state index contributed by atoms with van der Waals surface area (Å²) in [5.74, 6) is -1.71. The van der Waals surface area contributed by atoms with Gasteiger partial charge in [-0.2, -0.15) is 4.98 Å². The molecule has 1 saturated heterocycles. The Morgan fingerprint density at radius 3 is 2.94 bits per heavy atom. The number of halogens is 2. The van der Waals surface area contributed by atoms with Crippen LogP contribution >= 0.6 is 22.7 Å². The maximum absolute atomic E-state index is 13.7. The van der Waals surface area contributed by atoms with E-state index >= 15 is 0 Å². The zero-order valence-corrected chi connectivity index (χ0v) is 18.2. The molecule has 2 N–H and O–H groups in total. The first kappa shape index (κ1) is 20.6. The standard InChI is InChI=1S/C20H17F2N7OS2/c21-12-3-4-14(22)11(8-12)9-16(30)25-19-28-27-18(32-19)24-13-5-7-29(10-13)20-26-17-15(31-20)2-1-6-23-17/h1-4,6,8,13H,5,7,9-10H2,(H,24,27)(H,25,28,30)/t13-/m1/s1. The first-order chi connectivity index (χ1) is 15.5. The molecule has 1 atom stereocenters. The van der Waals surface area contributed by atoms with Gasteiger partial charge in [-0.3, -0.25) is 4.79 Å². The van der Waals surface area contributed by atoms with Crippen molar-refractivity contribution < 1.29 is 13.6 Å². The lowest BCUT2D eigenvalue weighted by molar-refractivity contribution is -0.115. The Labute approximate surface area is 189 Å². The molecule has 1 aliphatic rings. The van der Waals surface area contributed by atoms with Crippen molar-refractivity contribution in [3.05, 3.63) is 53.7 Å². The fourth-order valence-corrected chi connectivity index (χ4v) is 5.16. The Kier molecular flexibility index (Phi) is 5.62. The van der Waals surface area contributed by atoms with Crippen LogP contribution in [0.5, 0.6) is 0 Å². The molecule has 0 bridgehead atoms. The van der Waals surface area contributed by atoms with Gasteiger partial charge in [-0.15, -0.1) is 10.2 Å². The van der Waals surface area contributed by atoms with Gasteiger partial charge < -0.3 is 15.5 Å². The summed E-state index contributed by atoms with van der Waals surface area (Å²) in [6, 6.07) is 7.09. The normalized spacial score (nSPS) is 15.9. The number of carbonyl (C=O) groups is 1. The van der Waals surface area contributed by atoms with Crippen molar-refractivity contribution in [2.45, 2.75) is 18.9 Å². The van der Waals surface area contributed by atoms with E-state index in [2.05, 4.69) is 35.7 Å². The summed E-state index contributed by atoms with van der Waals surface area (Å²) in [6.07, 6.45) is 2.35. The van der Waals surface area contributed by atoms with Crippen LogP contribution in [0.15, 0.2) is 36.5 Å². The highest BCUT2D eigenvalue weighted by Gasteiger charge is 2.26. The van der Waals surface area contributed by atoms with Crippen LogP contribution in [-0.2, 0) is 11.2 Å². The van der Waals surface area contributed by atoms with Crippen LogP contribution in [0.4, 0.5) is 24.2 Å². The largest absolute Gasteiger partial charge is 0.355 e. The number of nitrogens with one attached hydrogen (secondary N) is 2. The van der Waals surface area contributed by atoms with Gasteiger partial charge in [0.2, 0.25) is 16.2 Å². The van der Waals surface area contributed by atoms with Gasteiger partial charge in [0, 0.05) is 30.9 Å². The summed E-state index contributed by atoms with van der Waals surface area (Å²) in [6.45, 7) is 1.62. The SMILES string of the molecule is O=C(Cc1cc(F)ccc1F)Nc1nnc(N[C@@H]2CCN(c3nc4ncccc4s3)C2)s1. The van der Waals surface area contributed by atoms with Crippen molar-refractivity contribution in [1.82, 2.24) is 20.2 Å². The van der Waals surface area contributed by atoms with E-state index in [1.165, 1.54) is 11.3 Å². The number of anilines is 3. The predicted octanol–water partition coefficient (Wildman–Crippen LogP) is 3.69. The monoisotopic (exact) mass is 473 g/mol. The topological polar surface area (TPSA) is 95.9 Å². The Hall–Kier alpha value is -3.25. The van der Waals surface area contributed by atoms with Crippen molar-refractivity contribution in [1.29, 1.82) is 0 Å². The minimum absolute atomic E-state index is 0.0125. The van der Waals surface area contributed by atoms with Crippen molar-refractivity contribution >= 4 is 54.3 Å². The highest BCUT2D eigenvalue weighted by molar-refractivity contribution is 7.22. The number of hydrogen-bond acceptors (Lipinski definition) is 9. The fraction of sp³-hybridized carbons (Fsp3) is 0.250. The first-order valence-corrected chi connectivity index (χ1v) is 11.5. The molecule has 3 aromatic heterocycles. The molecule has 0 radical (unpaired) electrons. The van der Waals surface area contributed by atoms with Crippen LogP contribution in [0.25, 0.3) is 10.3 Å². The third-order valence-corrected chi connectivity index (χ3v) is 6.81. The second-order valence-electron chi connectivity index (χ2n) is 7.27. The van der Waals surface area contributed by atoms with Crippen molar-refractivity contribution in [3.8, 4) is 0 Å². The van der Waals surface area contributed by atoms with Crippen molar-refractivity contribution in [2.24, 2.45) is 0 Å². The lowest BCUT2D eigenvalue weighted by Crippen LogP contribution is -2.25. The molecular formula is C20H17F2N7OS2. The van der Waals surface area contributed by atoms with Gasteiger partial charge in [-0.05, 0) is 36.8 Å². The Morgan fingerprint density at radius 1 is 1.19 bits per heavy atom. The minimum atomic E-state index is -0.629. The number of rotatable bonds is 6. The molecule has 0 saturated carbocycles. The van der Waals surface area contributed by atoms with Crippen LogP contribution in [0.3, 0.4) is 0 Å². The maximum atomic E-state index is 13.7. The third-order valence-electron chi connectivity index (χ3n) is 4.97. The van der Waals surface area contributed by atoms with E-state index in [0.717, 1.165) is 53.2 Å². The number of aromatic nitrogens is 4. The van der Waals surface area contributed by atoms with Crippen LogP contribution in [-0.4, -0.2) is 45.2 Å². The lowest BCUT2D eigenvalue weighted by Gasteiger charge is -2.14. The van der Waals surface area contributed by atoms with Gasteiger partial charge in [0.25, 0.3) is 0 Å². The summed E-state index contributed by atoms with van der Waals surface area (Å²) in [4.78, 5) is 23.3. The van der Waals surface area contributed by atoms with Crippen LogP contribution in [0.1, 0.15) is 12.0 Å². The van der Waals surface area contributed by atoms with E-state index in [0.29, 0.717) is 10.3 Å². The van der Waals surface area contributed by atoms with Crippen molar-refractivity contribution in [2.75, 3.05) is 28.6 Å². The number of amides is 1. The van der Waals surface area contributed by atoms with Gasteiger partial charge in [0.05, 0.1) is 11.1 Å². The molecule has 4 heterocycles. The molecule has 8 nitrogen and oxygen atoms in total. The summed E-state index contributed by atoms with van der Waals surface area (Å²) >= 11 is 2.81. The molecular weight excluding hydrogens is 456 g/mol. The van der Waals surface area contributed by atoms with Gasteiger partial charge in [-0.1, -0.05) is 22.7 Å². The zero-order chi connectivity index (χ0) is 22.1. The molecule has 5 rings (SSSR count). The molecule has 12 heteroatoms. The van der Waals surface area contributed by atoms with Crippen LogP contribution in [0, 0.1) is 11.6 Å². The minimum Gasteiger partial charge on any atom is -0.355 e. The number of hydrogen-bond donors (Lipinski definition) is 2. The summed E-state index contributed by atoms with van der Waals surface area (Å²) in [7, 11) is 0. The molecule has 0 spiro atoms. The first-order valence-electron chi connectivity index (χ1n) is 9.84. The zero-order valence-electron chi connectivity index (χ0n) is 16.6. The van der Waals surface area contributed by atoms with Gasteiger partial charge >= 0.3 is 0 Å². The number of thiazole rings is 1. The van der Waals surface area contributed by atoms with E-state index in [4.69, 9.17) is 0 Å². The quantitative estimate of drug-likeness (QED) is 0.441. The number of carbonyl (C=O) groups excluding carboxylic acids is 1. The second kappa shape index (κ2) is 8.71. The molecule has 0 unspecified atom stereocenters. The predicted molar refractivity (Wildman–Crippen MR) is 120 cm³/mol. The van der Waals surface area contributed by atoms with E-state index < -0.39 is 17.5 Å². The molecule has 0 aliphatic carbocycles. The molecule has 1 amide bonds. The highest BCUT2D eigenvalue weighted by Crippen LogP contribution is 2.31. The average molecular weight is 474 g/mol. The molecule has 164 valence electrons. The van der Waals surface area contributed by atoms with E-state index in [-0.39, 0.29) is 18.0 Å². The third kappa shape index (κ3) is 4.50. The molecule has 1 aromatic carbocycles. The number of pyridine rings is 1. The molecule has 1 fully saturated rings. The van der Waals surface area contributed by atoms with E-state index in [1.807, 2.05) is 12.1 Å². The molecule has 4 aromatic rings.